The molecule has 1 N–H and O–H groups in total. The summed E-state index contributed by atoms with van der Waals surface area (Å²) in [6.07, 6.45) is 0.999. The molecule has 0 aromatic heterocycles. The van der Waals surface area contributed by atoms with E-state index in [1.165, 1.54) is 0 Å². The van der Waals surface area contributed by atoms with Crippen LogP contribution in [0, 0.1) is 22.7 Å². The lowest BCUT2D eigenvalue weighted by molar-refractivity contribution is -0.144. The van der Waals surface area contributed by atoms with Gasteiger partial charge in [0.2, 0.25) is 21.8 Å². The Hall–Kier alpha value is -3.68. The van der Waals surface area contributed by atoms with Gasteiger partial charge >= 0.3 is 6.09 Å². The maximum absolute atomic E-state index is 14.9. The van der Waals surface area contributed by atoms with Crippen molar-refractivity contribution in [3.05, 3.63) is 64.2 Å². The molecule has 298 valence electrons. The van der Waals surface area contributed by atoms with E-state index in [1.54, 1.807) is 15.9 Å². The number of carbonyl (C=O) groups is 4. The van der Waals surface area contributed by atoms with E-state index in [1.807, 2.05) is 52.0 Å². The minimum Gasteiger partial charge on any atom is -0.444 e. The van der Waals surface area contributed by atoms with Gasteiger partial charge < -0.3 is 19.3 Å². The highest BCUT2D eigenvalue weighted by Crippen LogP contribution is 2.58. The summed E-state index contributed by atoms with van der Waals surface area (Å²) >= 11 is 6.42. The van der Waals surface area contributed by atoms with Crippen LogP contribution < -0.4 is 9.62 Å². The fourth-order valence-electron chi connectivity index (χ4n) is 8.67. The quantitative estimate of drug-likeness (QED) is 0.295. The number of nitrogens with zero attached hydrogens (tertiary/aromatic N) is 3. The second kappa shape index (κ2) is 15.3. The van der Waals surface area contributed by atoms with Crippen LogP contribution in [0.3, 0.4) is 0 Å². The molecule has 2 aromatic carbocycles. The van der Waals surface area contributed by atoms with Crippen molar-refractivity contribution in [2.75, 3.05) is 37.7 Å². The third-order valence-corrected chi connectivity index (χ3v) is 14.5. The third-order valence-electron chi connectivity index (χ3n) is 12.3. The molecule has 2 aromatic rings. The lowest BCUT2D eigenvalue weighted by Crippen LogP contribution is -2.48. The molecule has 2 aliphatic carbocycles. The first-order valence-corrected chi connectivity index (χ1v) is 21.5. The zero-order valence-corrected chi connectivity index (χ0v) is 33.8. The van der Waals surface area contributed by atoms with Crippen LogP contribution in [-0.2, 0) is 53.4 Å². The van der Waals surface area contributed by atoms with Crippen LogP contribution in [0.2, 0.25) is 5.02 Å². The summed E-state index contributed by atoms with van der Waals surface area (Å²) in [5.74, 6) is -1.88. The molecule has 4 fully saturated rings. The number of fused-ring (bicyclic) bond motifs is 1. The Bertz CT molecular complexity index is 1940. The number of ether oxygens (including phenoxy) is 2. The smallest absolute Gasteiger partial charge is 0.410 e. The number of amides is 3. The number of nitrogens with one attached hydrogen (secondary N) is 1. The molecule has 0 unspecified atom stereocenters. The largest absolute Gasteiger partial charge is 0.444 e. The standard InChI is InChI=1S/C41H53ClN4O8S/c1-5-28-21-41(28,38(49)43-55(51,52)31-12-13-31)22-36(47)35-20-30(54-39(50)45-23-27-9-7-11-34(42)32(27)25-45)24-46(35)37(48)33(40(2,3)4)19-26-8-6-10-29(18-26)44-14-16-53-17-15-44/h6-11,18,28,30-31,33,35H,5,12-17,19-25H2,1-4H3,(H,43,49)/t28-,30-,33-,35+,41-/m1/s1. The predicted octanol–water partition coefficient (Wildman–Crippen LogP) is 5.49. The molecular formula is C41H53ClN4O8S. The highest BCUT2D eigenvalue weighted by atomic mass is 35.5. The van der Waals surface area contributed by atoms with E-state index in [0.717, 1.165) is 35.5 Å². The molecule has 3 aliphatic heterocycles. The number of rotatable bonds is 12. The second-order valence-electron chi connectivity index (χ2n) is 17.2. The number of ketones is 1. The fourth-order valence-corrected chi connectivity index (χ4v) is 10.3. The van der Waals surface area contributed by atoms with Gasteiger partial charge in [-0.3, -0.25) is 24.0 Å². The van der Waals surface area contributed by atoms with Crippen LogP contribution in [0.4, 0.5) is 10.5 Å². The molecule has 3 amide bonds. The van der Waals surface area contributed by atoms with Crippen molar-refractivity contribution in [2.24, 2.45) is 22.7 Å². The average molecular weight is 797 g/mol. The van der Waals surface area contributed by atoms with Crippen molar-refractivity contribution in [3.8, 4) is 0 Å². The Labute approximate surface area is 329 Å². The number of halogens is 1. The van der Waals surface area contributed by atoms with Crippen molar-refractivity contribution in [2.45, 2.75) is 103 Å². The summed E-state index contributed by atoms with van der Waals surface area (Å²) in [6.45, 7) is 11.5. The summed E-state index contributed by atoms with van der Waals surface area (Å²) in [5, 5.41) is -0.00195. The van der Waals surface area contributed by atoms with E-state index >= 15 is 0 Å². The number of hydrogen-bond donors (Lipinski definition) is 1. The maximum atomic E-state index is 14.9. The molecular weight excluding hydrogens is 744 g/mol. The van der Waals surface area contributed by atoms with E-state index in [-0.39, 0.29) is 37.0 Å². The minimum absolute atomic E-state index is 0.0232. The summed E-state index contributed by atoms with van der Waals surface area (Å²) in [7, 11) is -3.82. The van der Waals surface area contributed by atoms with Gasteiger partial charge in [-0.1, -0.05) is 70.0 Å². The number of Topliss-reactive ketones (excluding diaryl/α,β-unsaturated/α-hetero) is 1. The van der Waals surface area contributed by atoms with Gasteiger partial charge in [0.15, 0.2) is 5.78 Å². The topological polar surface area (TPSA) is 143 Å². The molecule has 7 rings (SSSR count). The molecule has 2 saturated carbocycles. The first-order valence-electron chi connectivity index (χ1n) is 19.6. The third kappa shape index (κ3) is 8.39. The average Bonchev–Trinajstić information content (AvgIpc) is 4.04. The van der Waals surface area contributed by atoms with Gasteiger partial charge in [-0.05, 0) is 71.9 Å². The number of anilines is 1. The lowest BCUT2D eigenvalue weighted by Gasteiger charge is -2.35. The van der Waals surface area contributed by atoms with Crippen molar-refractivity contribution in [1.82, 2.24) is 14.5 Å². The van der Waals surface area contributed by atoms with E-state index in [0.29, 0.717) is 63.4 Å². The van der Waals surface area contributed by atoms with E-state index < -0.39 is 56.2 Å². The molecule has 0 bridgehead atoms. The number of carbonyl (C=O) groups excluding carboxylic acids is 4. The molecule has 0 spiro atoms. The highest BCUT2D eigenvalue weighted by Gasteiger charge is 2.62. The minimum atomic E-state index is -3.82. The van der Waals surface area contributed by atoms with Crippen molar-refractivity contribution >= 4 is 51.0 Å². The molecule has 5 atom stereocenters. The van der Waals surface area contributed by atoms with E-state index in [2.05, 4.69) is 21.8 Å². The van der Waals surface area contributed by atoms with Gasteiger partial charge in [-0.2, -0.15) is 0 Å². The maximum Gasteiger partial charge on any atom is 0.410 e. The Balaban J connectivity index is 1.13. The number of likely N-dealkylation sites (tertiary alicyclic amines) is 1. The van der Waals surface area contributed by atoms with Gasteiger partial charge in [0.25, 0.3) is 0 Å². The Morgan fingerprint density at radius 2 is 1.78 bits per heavy atom. The SMILES string of the molecule is CC[C@@H]1C[C@]1(CC(=O)[C@@H]1C[C@@H](OC(=O)N2Cc3cccc(Cl)c3C2)CN1C(=O)[C@@H](Cc1cccc(N2CCOCC2)c1)C(C)(C)C)C(=O)NS(=O)(=O)C1CC1. The molecule has 2 saturated heterocycles. The molecule has 3 heterocycles. The second-order valence-corrected chi connectivity index (χ2v) is 19.5. The first kappa shape index (κ1) is 39.6. The van der Waals surface area contributed by atoms with Gasteiger partial charge in [0.1, 0.15) is 6.10 Å². The van der Waals surface area contributed by atoms with Gasteiger partial charge in [-0.15, -0.1) is 0 Å². The first-order chi connectivity index (χ1) is 26.1. The van der Waals surface area contributed by atoms with Crippen LogP contribution in [0.15, 0.2) is 42.5 Å². The highest BCUT2D eigenvalue weighted by molar-refractivity contribution is 7.90. The summed E-state index contributed by atoms with van der Waals surface area (Å²) in [5.41, 5.74) is 2.19. The van der Waals surface area contributed by atoms with Gasteiger partial charge in [0.05, 0.1) is 43.0 Å². The monoisotopic (exact) mass is 796 g/mol. The molecule has 5 aliphatic rings. The van der Waals surface area contributed by atoms with Gasteiger partial charge in [0, 0.05) is 49.1 Å². The molecule has 14 heteroatoms. The molecule has 0 radical (unpaired) electrons. The van der Waals surface area contributed by atoms with Crippen molar-refractivity contribution in [1.29, 1.82) is 0 Å². The number of hydrogen-bond acceptors (Lipinski definition) is 9. The van der Waals surface area contributed by atoms with Crippen molar-refractivity contribution in [3.63, 3.8) is 0 Å². The van der Waals surface area contributed by atoms with E-state index in [4.69, 9.17) is 21.1 Å². The number of benzene rings is 2. The summed E-state index contributed by atoms with van der Waals surface area (Å²) in [4.78, 5) is 62.0. The fraction of sp³-hybridized carbons (Fsp3) is 0.610. The zero-order valence-electron chi connectivity index (χ0n) is 32.2. The summed E-state index contributed by atoms with van der Waals surface area (Å²) in [6, 6.07) is 12.8. The Kier molecular flexibility index (Phi) is 11.0. The lowest BCUT2D eigenvalue weighted by atomic mass is 9.76. The van der Waals surface area contributed by atoms with Crippen LogP contribution >= 0.6 is 11.6 Å². The van der Waals surface area contributed by atoms with Crippen LogP contribution in [0.25, 0.3) is 0 Å². The summed E-state index contributed by atoms with van der Waals surface area (Å²) < 4.78 is 39.5. The normalized spacial score (nSPS) is 25.7. The predicted molar refractivity (Wildman–Crippen MR) is 208 cm³/mol. The van der Waals surface area contributed by atoms with Gasteiger partial charge in [-0.25, -0.2) is 13.2 Å². The van der Waals surface area contributed by atoms with Crippen LogP contribution in [0.1, 0.15) is 82.9 Å². The van der Waals surface area contributed by atoms with E-state index in [9.17, 15) is 27.6 Å². The van der Waals surface area contributed by atoms with Crippen molar-refractivity contribution < 1.29 is 37.1 Å². The number of morpholine rings is 1. The Morgan fingerprint density at radius 3 is 2.44 bits per heavy atom. The van der Waals surface area contributed by atoms with Crippen LogP contribution in [0.5, 0.6) is 0 Å². The molecule has 55 heavy (non-hydrogen) atoms. The number of sulfonamides is 1. The zero-order chi connectivity index (χ0) is 39.3. The Morgan fingerprint density at radius 1 is 1.05 bits per heavy atom. The molecule has 12 nitrogen and oxygen atoms in total. The van der Waals surface area contributed by atoms with Crippen LogP contribution in [-0.4, -0.2) is 92.2 Å².